The summed E-state index contributed by atoms with van der Waals surface area (Å²) in [6.07, 6.45) is 2.20. The van der Waals surface area contributed by atoms with Gasteiger partial charge >= 0.3 is 0 Å². The second kappa shape index (κ2) is 3.77. The number of rotatable bonds is 0. The molecule has 86 valence electrons. The standard InChI is InChI=1S/C12H17N3O/c1-12(2,3)9-7-10(16)14-8-5-4-6-13-11(8)15-9/h4-6,9H,7H2,1-3H3,(H,13,15)(H,14,16). The molecule has 0 spiro atoms. The molecule has 0 bridgehead atoms. The molecule has 1 aromatic heterocycles. The third-order valence-corrected chi connectivity index (χ3v) is 2.83. The summed E-state index contributed by atoms with van der Waals surface area (Å²) in [6.45, 7) is 6.35. The molecule has 0 saturated heterocycles. The Labute approximate surface area is 95.5 Å². The van der Waals surface area contributed by atoms with Crippen LogP contribution in [0.3, 0.4) is 0 Å². The van der Waals surface area contributed by atoms with E-state index < -0.39 is 0 Å². The van der Waals surface area contributed by atoms with E-state index in [1.807, 2.05) is 12.1 Å². The number of carbonyl (C=O) groups is 1. The molecule has 1 aromatic rings. The van der Waals surface area contributed by atoms with Gasteiger partial charge in [-0.1, -0.05) is 20.8 Å². The van der Waals surface area contributed by atoms with Crippen molar-refractivity contribution >= 4 is 17.4 Å². The van der Waals surface area contributed by atoms with Gasteiger partial charge in [-0.3, -0.25) is 4.79 Å². The molecule has 0 aliphatic carbocycles. The molecular weight excluding hydrogens is 202 g/mol. The van der Waals surface area contributed by atoms with Crippen LogP contribution in [0.5, 0.6) is 0 Å². The number of pyridine rings is 1. The molecule has 1 atom stereocenters. The molecule has 1 aliphatic heterocycles. The Morgan fingerprint density at radius 3 is 2.88 bits per heavy atom. The van der Waals surface area contributed by atoms with Gasteiger partial charge in [-0.15, -0.1) is 0 Å². The average Bonchev–Trinajstić information content (AvgIpc) is 2.34. The Balaban J connectivity index is 2.34. The largest absolute Gasteiger partial charge is 0.365 e. The van der Waals surface area contributed by atoms with Gasteiger partial charge < -0.3 is 10.6 Å². The fraction of sp³-hybridized carbons (Fsp3) is 0.500. The molecule has 4 nitrogen and oxygen atoms in total. The predicted octanol–water partition coefficient (Wildman–Crippen LogP) is 2.25. The second-order valence-corrected chi connectivity index (χ2v) is 5.21. The van der Waals surface area contributed by atoms with Crippen LogP contribution in [0.15, 0.2) is 18.3 Å². The molecule has 1 unspecified atom stereocenters. The summed E-state index contributed by atoms with van der Waals surface area (Å²) >= 11 is 0. The van der Waals surface area contributed by atoms with Gasteiger partial charge in [-0.2, -0.15) is 0 Å². The molecule has 0 radical (unpaired) electrons. The summed E-state index contributed by atoms with van der Waals surface area (Å²) in [7, 11) is 0. The number of hydrogen-bond donors (Lipinski definition) is 2. The number of fused-ring (bicyclic) bond motifs is 1. The first-order valence-electron chi connectivity index (χ1n) is 5.48. The van der Waals surface area contributed by atoms with Crippen molar-refractivity contribution in [2.45, 2.75) is 33.2 Å². The minimum absolute atomic E-state index is 0.0243. The highest BCUT2D eigenvalue weighted by Crippen LogP contribution is 2.30. The number of anilines is 2. The maximum absolute atomic E-state index is 11.7. The van der Waals surface area contributed by atoms with E-state index in [1.165, 1.54) is 0 Å². The van der Waals surface area contributed by atoms with E-state index in [-0.39, 0.29) is 17.4 Å². The van der Waals surface area contributed by atoms with Crippen molar-refractivity contribution in [3.8, 4) is 0 Å². The third kappa shape index (κ3) is 2.15. The van der Waals surface area contributed by atoms with Crippen LogP contribution in [0.1, 0.15) is 27.2 Å². The van der Waals surface area contributed by atoms with Gasteiger partial charge in [0.05, 0.1) is 5.69 Å². The zero-order valence-corrected chi connectivity index (χ0v) is 9.87. The van der Waals surface area contributed by atoms with Crippen LogP contribution in [0.2, 0.25) is 0 Å². The summed E-state index contributed by atoms with van der Waals surface area (Å²) in [4.78, 5) is 16.0. The lowest BCUT2D eigenvalue weighted by atomic mass is 9.85. The lowest BCUT2D eigenvalue weighted by Crippen LogP contribution is -2.35. The van der Waals surface area contributed by atoms with Crippen molar-refractivity contribution in [3.63, 3.8) is 0 Å². The average molecular weight is 219 g/mol. The zero-order chi connectivity index (χ0) is 11.8. The highest BCUT2D eigenvalue weighted by molar-refractivity contribution is 5.95. The monoisotopic (exact) mass is 219 g/mol. The number of nitrogens with zero attached hydrogens (tertiary/aromatic N) is 1. The van der Waals surface area contributed by atoms with Crippen LogP contribution in [0, 0.1) is 5.41 Å². The van der Waals surface area contributed by atoms with Crippen molar-refractivity contribution in [2.24, 2.45) is 5.41 Å². The minimum atomic E-state index is 0.0243. The van der Waals surface area contributed by atoms with Crippen LogP contribution in [-0.2, 0) is 4.79 Å². The highest BCUT2D eigenvalue weighted by Gasteiger charge is 2.30. The van der Waals surface area contributed by atoms with Crippen molar-refractivity contribution < 1.29 is 4.79 Å². The van der Waals surface area contributed by atoms with Crippen LogP contribution in [-0.4, -0.2) is 16.9 Å². The summed E-state index contributed by atoms with van der Waals surface area (Å²) in [5, 5.41) is 6.20. The van der Waals surface area contributed by atoms with E-state index >= 15 is 0 Å². The minimum Gasteiger partial charge on any atom is -0.365 e. The van der Waals surface area contributed by atoms with Crippen molar-refractivity contribution in [2.75, 3.05) is 10.6 Å². The van der Waals surface area contributed by atoms with Gasteiger partial charge in [0, 0.05) is 18.7 Å². The Bertz CT molecular complexity index is 409. The Kier molecular flexibility index (Phi) is 2.58. The highest BCUT2D eigenvalue weighted by atomic mass is 16.1. The van der Waals surface area contributed by atoms with Crippen molar-refractivity contribution in [3.05, 3.63) is 18.3 Å². The van der Waals surface area contributed by atoms with Crippen LogP contribution in [0.25, 0.3) is 0 Å². The molecule has 4 heteroatoms. The first-order valence-corrected chi connectivity index (χ1v) is 5.48. The molecule has 0 fully saturated rings. The molecule has 1 aliphatic rings. The maximum Gasteiger partial charge on any atom is 0.226 e. The lowest BCUT2D eigenvalue weighted by Gasteiger charge is -2.29. The van der Waals surface area contributed by atoms with E-state index in [0.29, 0.717) is 6.42 Å². The summed E-state index contributed by atoms with van der Waals surface area (Å²) in [6, 6.07) is 3.78. The lowest BCUT2D eigenvalue weighted by molar-refractivity contribution is -0.116. The molecular formula is C12H17N3O. The number of hydrogen-bond acceptors (Lipinski definition) is 3. The summed E-state index contributed by atoms with van der Waals surface area (Å²) < 4.78 is 0. The smallest absolute Gasteiger partial charge is 0.226 e. The van der Waals surface area contributed by atoms with Gasteiger partial charge in [-0.25, -0.2) is 4.98 Å². The second-order valence-electron chi connectivity index (χ2n) is 5.21. The molecule has 2 rings (SSSR count). The Morgan fingerprint density at radius 2 is 2.19 bits per heavy atom. The van der Waals surface area contributed by atoms with Crippen LogP contribution in [0.4, 0.5) is 11.5 Å². The van der Waals surface area contributed by atoms with Gasteiger partial charge in [0.15, 0.2) is 0 Å². The van der Waals surface area contributed by atoms with Gasteiger partial charge in [0.1, 0.15) is 5.82 Å². The third-order valence-electron chi connectivity index (χ3n) is 2.83. The van der Waals surface area contributed by atoms with Crippen LogP contribution < -0.4 is 10.6 Å². The van der Waals surface area contributed by atoms with E-state index in [4.69, 9.17) is 0 Å². The molecule has 1 amide bonds. The topological polar surface area (TPSA) is 54.0 Å². The summed E-state index contributed by atoms with van der Waals surface area (Å²) in [5.74, 6) is 0.799. The van der Waals surface area contributed by atoms with E-state index in [2.05, 4.69) is 36.4 Å². The maximum atomic E-state index is 11.7. The molecule has 2 N–H and O–H groups in total. The van der Waals surface area contributed by atoms with Crippen molar-refractivity contribution in [1.29, 1.82) is 0 Å². The zero-order valence-electron chi connectivity index (χ0n) is 9.87. The van der Waals surface area contributed by atoms with Gasteiger partial charge in [0.2, 0.25) is 5.91 Å². The van der Waals surface area contributed by atoms with E-state index in [9.17, 15) is 4.79 Å². The Hall–Kier alpha value is -1.58. The summed E-state index contributed by atoms with van der Waals surface area (Å²) in [5.41, 5.74) is 0.787. The van der Waals surface area contributed by atoms with Crippen molar-refractivity contribution in [1.82, 2.24) is 4.98 Å². The Morgan fingerprint density at radius 1 is 1.44 bits per heavy atom. The number of carbonyl (C=O) groups excluding carboxylic acids is 1. The molecule has 16 heavy (non-hydrogen) atoms. The predicted molar refractivity (Wildman–Crippen MR) is 64.3 cm³/mol. The molecule has 0 aromatic carbocycles. The molecule has 2 heterocycles. The normalized spacial score (nSPS) is 20.4. The SMILES string of the molecule is CC(C)(C)C1CC(=O)Nc2cccnc2N1. The van der Waals surface area contributed by atoms with Crippen LogP contribution >= 0.6 is 0 Å². The number of aromatic nitrogens is 1. The number of amides is 1. The fourth-order valence-corrected chi connectivity index (χ4v) is 1.75. The van der Waals surface area contributed by atoms with E-state index in [0.717, 1.165) is 11.5 Å². The molecule has 0 saturated carbocycles. The van der Waals surface area contributed by atoms with E-state index in [1.54, 1.807) is 6.20 Å². The number of nitrogens with one attached hydrogen (secondary N) is 2. The van der Waals surface area contributed by atoms with Gasteiger partial charge in [0.25, 0.3) is 0 Å². The first-order chi connectivity index (χ1) is 7.47. The quantitative estimate of drug-likeness (QED) is 0.703. The van der Waals surface area contributed by atoms with Gasteiger partial charge in [-0.05, 0) is 17.5 Å². The fourth-order valence-electron chi connectivity index (χ4n) is 1.75. The first kappa shape index (κ1) is 10.9.